The number of carbonyl (C=O) groups is 3. The Morgan fingerprint density at radius 2 is 1.74 bits per heavy atom. The molecule has 0 saturated heterocycles. The number of benzene rings is 2. The summed E-state index contributed by atoms with van der Waals surface area (Å²) in [6, 6.07) is 17.4. The highest BCUT2D eigenvalue weighted by molar-refractivity contribution is 6.01. The number of aromatic nitrogens is 1. The molecule has 39 heavy (non-hydrogen) atoms. The van der Waals surface area contributed by atoms with Crippen LogP contribution in [-0.4, -0.2) is 28.7 Å². The second-order valence-corrected chi connectivity index (χ2v) is 10.0. The molecule has 0 aliphatic heterocycles. The summed E-state index contributed by atoms with van der Waals surface area (Å²) in [7, 11) is 0. The van der Waals surface area contributed by atoms with Gasteiger partial charge in [-0.1, -0.05) is 49.6 Å². The van der Waals surface area contributed by atoms with Crippen molar-refractivity contribution < 1.29 is 18.8 Å². The van der Waals surface area contributed by atoms with Crippen molar-refractivity contribution in [1.29, 1.82) is 0 Å². The highest BCUT2D eigenvalue weighted by Gasteiger charge is 2.34. The van der Waals surface area contributed by atoms with Crippen molar-refractivity contribution in [2.24, 2.45) is 0 Å². The first kappa shape index (κ1) is 28.0. The first-order valence-corrected chi connectivity index (χ1v) is 13.6. The summed E-state index contributed by atoms with van der Waals surface area (Å²) in [6.45, 7) is 1.92. The van der Waals surface area contributed by atoms with Crippen molar-refractivity contribution >= 4 is 29.2 Å². The zero-order chi connectivity index (χ0) is 27.6. The van der Waals surface area contributed by atoms with E-state index in [9.17, 15) is 18.8 Å². The first-order valence-electron chi connectivity index (χ1n) is 13.6. The normalized spacial score (nSPS) is 14.3. The Morgan fingerprint density at radius 1 is 0.974 bits per heavy atom. The fraction of sp³-hybridized carbons (Fsp3) is 0.355. The summed E-state index contributed by atoms with van der Waals surface area (Å²) in [5, 5.41) is 5.88. The monoisotopic (exact) mass is 530 g/mol. The van der Waals surface area contributed by atoms with Gasteiger partial charge in [-0.05, 0) is 73.7 Å². The minimum Gasteiger partial charge on any atom is -0.351 e. The Balaban J connectivity index is 1.57. The van der Waals surface area contributed by atoms with Crippen LogP contribution in [0.3, 0.4) is 0 Å². The van der Waals surface area contributed by atoms with Crippen LogP contribution in [0.4, 0.5) is 15.9 Å². The summed E-state index contributed by atoms with van der Waals surface area (Å²) >= 11 is 0. The molecule has 8 heteroatoms. The van der Waals surface area contributed by atoms with E-state index >= 15 is 0 Å². The van der Waals surface area contributed by atoms with E-state index in [4.69, 9.17) is 0 Å². The number of carbonyl (C=O) groups excluding carboxylic acids is 3. The smallest absolute Gasteiger partial charge is 0.248 e. The van der Waals surface area contributed by atoms with Gasteiger partial charge < -0.3 is 10.6 Å². The summed E-state index contributed by atoms with van der Waals surface area (Å²) in [6.07, 6.45) is 7.10. The number of amides is 3. The van der Waals surface area contributed by atoms with Gasteiger partial charge in [0.2, 0.25) is 17.7 Å². The molecule has 1 aliphatic carbocycles. The van der Waals surface area contributed by atoms with E-state index in [1.807, 2.05) is 25.1 Å². The molecule has 1 aliphatic rings. The van der Waals surface area contributed by atoms with Crippen LogP contribution >= 0.6 is 0 Å². The van der Waals surface area contributed by atoms with Gasteiger partial charge >= 0.3 is 0 Å². The van der Waals surface area contributed by atoms with Gasteiger partial charge in [-0.3, -0.25) is 19.3 Å². The quantitative estimate of drug-likeness (QED) is 0.343. The minimum atomic E-state index is -0.982. The summed E-state index contributed by atoms with van der Waals surface area (Å²) < 4.78 is 13.8. The molecular formula is C31H35FN4O3. The van der Waals surface area contributed by atoms with Crippen molar-refractivity contribution in [3.63, 3.8) is 0 Å². The third kappa shape index (κ3) is 7.96. The van der Waals surface area contributed by atoms with Gasteiger partial charge in [-0.25, -0.2) is 9.37 Å². The summed E-state index contributed by atoms with van der Waals surface area (Å²) in [5.74, 6) is -0.798. The van der Waals surface area contributed by atoms with Crippen molar-refractivity contribution in [1.82, 2.24) is 10.3 Å². The van der Waals surface area contributed by atoms with Crippen molar-refractivity contribution in [2.75, 3.05) is 10.2 Å². The van der Waals surface area contributed by atoms with Crippen LogP contribution < -0.4 is 15.5 Å². The van der Waals surface area contributed by atoms with Crippen LogP contribution in [0.1, 0.15) is 68.5 Å². The lowest BCUT2D eigenvalue weighted by Crippen LogP contribution is -2.47. The van der Waals surface area contributed by atoms with Crippen molar-refractivity contribution in [3.05, 3.63) is 89.9 Å². The van der Waals surface area contributed by atoms with Crippen LogP contribution in [0, 0.1) is 12.7 Å². The molecule has 1 fully saturated rings. The Bertz CT molecular complexity index is 1260. The second-order valence-electron chi connectivity index (χ2n) is 10.0. The van der Waals surface area contributed by atoms with E-state index < -0.39 is 11.9 Å². The van der Waals surface area contributed by atoms with E-state index in [0.29, 0.717) is 23.5 Å². The molecule has 3 aromatic rings. The number of nitrogens with zero attached hydrogens (tertiary/aromatic N) is 2. The second kappa shape index (κ2) is 13.6. The maximum Gasteiger partial charge on any atom is 0.248 e. The molecule has 0 unspecified atom stereocenters. The summed E-state index contributed by atoms with van der Waals surface area (Å²) in [5.41, 5.74) is 2.03. The molecule has 1 aromatic heterocycles. The average molecular weight is 531 g/mol. The Labute approximate surface area is 228 Å². The predicted molar refractivity (Wildman–Crippen MR) is 150 cm³/mol. The maximum absolute atomic E-state index is 13.8. The van der Waals surface area contributed by atoms with Crippen molar-refractivity contribution in [3.8, 4) is 0 Å². The number of anilines is 2. The standard InChI is InChI=1S/C31H35FN4O3/c1-22-9-7-12-26(21-22)36(29(38)15-8-14-28(37)35-27-13-5-6-20-33-27)30(23-16-18-24(32)19-17-23)31(39)34-25-10-3-2-4-11-25/h5-7,9,12-13,16-21,25,30H,2-4,8,10-11,14-15H2,1H3,(H,34,39)(H,33,35,37)/t30-/m0/s1. The van der Waals surface area contributed by atoms with E-state index in [1.54, 1.807) is 42.6 Å². The van der Waals surface area contributed by atoms with E-state index in [2.05, 4.69) is 15.6 Å². The minimum absolute atomic E-state index is 0.0407. The number of hydrogen-bond acceptors (Lipinski definition) is 4. The third-order valence-electron chi connectivity index (χ3n) is 6.92. The van der Waals surface area contributed by atoms with Gasteiger partial charge in [-0.15, -0.1) is 0 Å². The van der Waals surface area contributed by atoms with E-state index in [-0.39, 0.29) is 36.6 Å². The molecule has 1 atom stereocenters. The topological polar surface area (TPSA) is 91.4 Å². The lowest BCUT2D eigenvalue weighted by molar-refractivity contribution is -0.127. The molecule has 0 bridgehead atoms. The van der Waals surface area contributed by atoms with Gasteiger partial charge in [0, 0.05) is 30.8 Å². The van der Waals surface area contributed by atoms with E-state index in [0.717, 1.165) is 37.7 Å². The van der Waals surface area contributed by atoms with Crippen LogP contribution in [0.2, 0.25) is 0 Å². The fourth-order valence-electron chi connectivity index (χ4n) is 4.97. The number of aryl methyl sites for hydroxylation is 1. The number of halogens is 1. The SMILES string of the molecule is Cc1cccc(N(C(=O)CCCC(=O)Nc2ccccn2)[C@H](C(=O)NC2CCCCC2)c2ccc(F)cc2)c1. The maximum atomic E-state index is 13.8. The highest BCUT2D eigenvalue weighted by atomic mass is 19.1. The number of nitrogens with one attached hydrogen (secondary N) is 2. The molecule has 3 amide bonds. The number of rotatable bonds is 10. The number of pyridine rings is 1. The third-order valence-corrected chi connectivity index (χ3v) is 6.92. The van der Waals surface area contributed by atoms with Crippen LogP contribution in [0.25, 0.3) is 0 Å². The highest BCUT2D eigenvalue weighted by Crippen LogP contribution is 2.31. The average Bonchev–Trinajstić information content (AvgIpc) is 2.93. The van der Waals surface area contributed by atoms with Crippen molar-refractivity contribution in [2.45, 2.75) is 70.4 Å². The first-order chi connectivity index (χ1) is 18.9. The van der Waals surface area contributed by atoms with Crippen LogP contribution in [-0.2, 0) is 14.4 Å². The zero-order valence-corrected chi connectivity index (χ0v) is 22.2. The van der Waals surface area contributed by atoms with Gasteiger partial charge in [0.05, 0.1) is 0 Å². The number of hydrogen-bond donors (Lipinski definition) is 2. The van der Waals surface area contributed by atoms with Crippen LogP contribution in [0.15, 0.2) is 72.9 Å². The van der Waals surface area contributed by atoms with E-state index in [1.165, 1.54) is 17.0 Å². The Kier molecular flexibility index (Phi) is 9.78. The predicted octanol–water partition coefficient (Wildman–Crippen LogP) is 5.86. The molecule has 0 spiro atoms. The molecule has 4 rings (SSSR count). The lowest BCUT2D eigenvalue weighted by Gasteiger charge is -2.33. The van der Waals surface area contributed by atoms with Gasteiger partial charge in [0.15, 0.2) is 0 Å². The van der Waals surface area contributed by atoms with Crippen LogP contribution in [0.5, 0.6) is 0 Å². The zero-order valence-electron chi connectivity index (χ0n) is 22.2. The Hall–Kier alpha value is -4.07. The largest absolute Gasteiger partial charge is 0.351 e. The molecule has 0 radical (unpaired) electrons. The van der Waals surface area contributed by atoms with Gasteiger partial charge in [-0.2, -0.15) is 0 Å². The summed E-state index contributed by atoms with van der Waals surface area (Å²) in [4.78, 5) is 45.6. The molecule has 2 N–H and O–H groups in total. The fourth-order valence-corrected chi connectivity index (χ4v) is 4.97. The van der Waals surface area contributed by atoms with Gasteiger partial charge in [0.25, 0.3) is 0 Å². The lowest BCUT2D eigenvalue weighted by atomic mass is 9.94. The van der Waals surface area contributed by atoms with Gasteiger partial charge in [0.1, 0.15) is 17.7 Å². The molecule has 1 heterocycles. The molecule has 204 valence electrons. The molecule has 7 nitrogen and oxygen atoms in total. The molecular weight excluding hydrogens is 495 g/mol. The Morgan fingerprint density at radius 3 is 2.44 bits per heavy atom. The molecule has 2 aromatic carbocycles. The molecule has 1 saturated carbocycles.